The maximum absolute atomic E-state index is 12.8. The first-order valence-electron chi connectivity index (χ1n) is 8.98. The summed E-state index contributed by atoms with van der Waals surface area (Å²) in [7, 11) is 0. The summed E-state index contributed by atoms with van der Waals surface area (Å²) in [5, 5.41) is 2.82. The first-order valence-corrected chi connectivity index (χ1v) is 9.77. The van der Waals surface area contributed by atoms with E-state index in [1.807, 2.05) is 24.3 Å². The van der Waals surface area contributed by atoms with Gasteiger partial charge in [0, 0.05) is 10.0 Å². The Morgan fingerprint density at radius 2 is 2.00 bits per heavy atom. The van der Waals surface area contributed by atoms with Gasteiger partial charge in [0.1, 0.15) is 18.7 Å². The highest BCUT2D eigenvalue weighted by Crippen LogP contribution is 2.37. The van der Waals surface area contributed by atoms with Crippen LogP contribution in [0.2, 0.25) is 0 Å². The average Bonchev–Trinajstić information content (AvgIpc) is 2.86. The van der Waals surface area contributed by atoms with Crippen molar-refractivity contribution < 1.29 is 19.1 Å². The number of hydrogen-bond acceptors (Lipinski definition) is 4. The molecule has 0 aromatic heterocycles. The molecule has 1 aromatic carbocycles. The van der Waals surface area contributed by atoms with Crippen molar-refractivity contribution >= 4 is 33.8 Å². The summed E-state index contributed by atoms with van der Waals surface area (Å²) >= 11 is 3.39. The molecule has 0 unspecified atom stereocenters. The van der Waals surface area contributed by atoms with Crippen LogP contribution in [0.1, 0.15) is 44.6 Å². The lowest BCUT2D eigenvalue weighted by Gasteiger charge is -2.34. The Balaban J connectivity index is 1.58. The number of nitrogens with one attached hydrogen (secondary N) is 1. The minimum absolute atomic E-state index is 0.0905. The highest BCUT2D eigenvalue weighted by Gasteiger charge is 2.52. The summed E-state index contributed by atoms with van der Waals surface area (Å²) in [6.07, 6.45) is 4.20. The fraction of sp³-hybridized carbons (Fsp3) is 0.526. The van der Waals surface area contributed by atoms with Crippen molar-refractivity contribution in [3.8, 4) is 0 Å². The van der Waals surface area contributed by atoms with Gasteiger partial charge >= 0.3 is 12.0 Å². The zero-order valence-electron chi connectivity index (χ0n) is 14.8. The average molecular weight is 423 g/mol. The Morgan fingerprint density at radius 3 is 2.65 bits per heavy atom. The van der Waals surface area contributed by atoms with Crippen LogP contribution in [-0.2, 0) is 20.9 Å². The van der Waals surface area contributed by atoms with Crippen LogP contribution in [0.3, 0.4) is 0 Å². The second kappa shape index (κ2) is 7.78. The predicted octanol–water partition coefficient (Wildman–Crippen LogP) is 3.38. The van der Waals surface area contributed by atoms with Crippen LogP contribution < -0.4 is 5.32 Å². The first kappa shape index (κ1) is 18.9. The van der Waals surface area contributed by atoms with Gasteiger partial charge in [0.05, 0.1) is 0 Å². The normalized spacial score (nSPS) is 25.5. The molecule has 0 bridgehead atoms. The van der Waals surface area contributed by atoms with E-state index in [1.165, 1.54) is 0 Å². The number of carbonyl (C=O) groups is 3. The van der Waals surface area contributed by atoms with Crippen LogP contribution in [0.25, 0.3) is 0 Å². The Labute approximate surface area is 161 Å². The van der Waals surface area contributed by atoms with Gasteiger partial charge in [-0.3, -0.25) is 14.5 Å². The summed E-state index contributed by atoms with van der Waals surface area (Å²) in [6.45, 7) is 1.88. The molecular weight excluding hydrogens is 400 g/mol. The quantitative estimate of drug-likeness (QED) is 0.582. The Hall–Kier alpha value is -1.89. The van der Waals surface area contributed by atoms with Crippen molar-refractivity contribution in [2.45, 2.75) is 51.2 Å². The summed E-state index contributed by atoms with van der Waals surface area (Å²) in [6, 6.07) is 6.92. The standard InChI is InChI=1S/C19H23BrN2O4/c1-2-13-7-9-19(10-8-13)17(24)22(18(25)21-19)11-16(23)26-12-14-5-3-4-6-15(14)20/h3-6,13H,2,7-12H2,1H3,(H,21,25). The van der Waals surface area contributed by atoms with E-state index < -0.39 is 17.5 Å². The largest absolute Gasteiger partial charge is 0.459 e. The molecule has 0 atom stereocenters. The molecule has 6 nitrogen and oxygen atoms in total. The van der Waals surface area contributed by atoms with Crippen LogP contribution in [0.5, 0.6) is 0 Å². The van der Waals surface area contributed by atoms with Gasteiger partial charge in [0.2, 0.25) is 0 Å². The van der Waals surface area contributed by atoms with Crippen LogP contribution in [0.4, 0.5) is 4.79 Å². The topological polar surface area (TPSA) is 75.7 Å². The van der Waals surface area contributed by atoms with Crippen molar-refractivity contribution in [1.82, 2.24) is 10.2 Å². The van der Waals surface area contributed by atoms with Crippen molar-refractivity contribution in [3.63, 3.8) is 0 Å². The van der Waals surface area contributed by atoms with Gasteiger partial charge in [0.25, 0.3) is 5.91 Å². The number of imide groups is 1. The third-order valence-corrected chi connectivity index (χ3v) is 6.19. The van der Waals surface area contributed by atoms with E-state index in [0.717, 1.165) is 34.2 Å². The second-order valence-electron chi connectivity index (χ2n) is 7.01. The van der Waals surface area contributed by atoms with E-state index in [-0.39, 0.29) is 19.1 Å². The molecule has 3 amide bonds. The number of halogens is 1. The Bertz CT molecular complexity index is 713. The van der Waals surface area contributed by atoms with Crippen LogP contribution in [0, 0.1) is 5.92 Å². The fourth-order valence-corrected chi connectivity index (χ4v) is 4.08. The van der Waals surface area contributed by atoms with E-state index in [0.29, 0.717) is 18.8 Å². The molecule has 1 aliphatic carbocycles. The second-order valence-corrected chi connectivity index (χ2v) is 7.86. The summed E-state index contributed by atoms with van der Waals surface area (Å²) in [4.78, 5) is 38.2. The Morgan fingerprint density at radius 1 is 1.31 bits per heavy atom. The molecule has 140 valence electrons. The number of hydrogen-bond donors (Lipinski definition) is 1. The first-order chi connectivity index (χ1) is 12.4. The van der Waals surface area contributed by atoms with E-state index in [9.17, 15) is 14.4 Å². The number of benzene rings is 1. The number of amides is 3. The molecule has 1 aliphatic heterocycles. The molecule has 7 heteroatoms. The molecule has 26 heavy (non-hydrogen) atoms. The number of ether oxygens (including phenoxy) is 1. The molecule has 1 saturated carbocycles. The Kier molecular flexibility index (Phi) is 5.65. The maximum Gasteiger partial charge on any atom is 0.326 e. The lowest BCUT2D eigenvalue weighted by atomic mass is 9.75. The zero-order chi connectivity index (χ0) is 18.7. The molecule has 3 rings (SSSR count). The molecule has 1 aromatic rings. The summed E-state index contributed by atoms with van der Waals surface area (Å²) in [5.74, 6) is -0.285. The number of esters is 1. The minimum atomic E-state index is -0.828. The molecular formula is C19H23BrN2O4. The molecule has 1 N–H and O–H groups in total. The predicted molar refractivity (Wildman–Crippen MR) is 99.2 cm³/mol. The van der Waals surface area contributed by atoms with Crippen LogP contribution in [-0.4, -0.2) is 34.9 Å². The lowest BCUT2D eigenvalue weighted by Crippen LogP contribution is -2.49. The van der Waals surface area contributed by atoms with E-state index in [1.54, 1.807) is 0 Å². The van der Waals surface area contributed by atoms with Gasteiger partial charge < -0.3 is 10.1 Å². The van der Waals surface area contributed by atoms with Crippen LogP contribution in [0.15, 0.2) is 28.7 Å². The lowest BCUT2D eigenvalue weighted by molar-refractivity contribution is -0.149. The van der Waals surface area contributed by atoms with Crippen molar-refractivity contribution in [2.75, 3.05) is 6.54 Å². The number of rotatable bonds is 5. The van der Waals surface area contributed by atoms with Crippen LogP contribution >= 0.6 is 15.9 Å². The molecule has 2 fully saturated rings. The van der Waals surface area contributed by atoms with Gasteiger partial charge in [-0.15, -0.1) is 0 Å². The summed E-state index contributed by atoms with van der Waals surface area (Å²) in [5.41, 5.74) is -0.00158. The van der Waals surface area contributed by atoms with Crippen molar-refractivity contribution in [2.24, 2.45) is 5.92 Å². The highest BCUT2D eigenvalue weighted by atomic mass is 79.9. The smallest absolute Gasteiger partial charge is 0.326 e. The number of carbonyl (C=O) groups excluding carboxylic acids is 3. The molecule has 2 aliphatic rings. The van der Waals surface area contributed by atoms with Crippen molar-refractivity contribution in [3.05, 3.63) is 34.3 Å². The zero-order valence-corrected chi connectivity index (χ0v) is 16.4. The van der Waals surface area contributed by atoms with Gasteiger partial charge in [-0.2, -0.15) is 0 Å². The molecule has 1 saturated heterocycles. The van der Waals surface area contributed by atoms with Gasteiger partial charge in [-0.05, 0) is 37.7 Å². The SMILES string of the molecule is CCC1CCC2(CC1)NC(=O)N(CC(=O)OCc1ccccc1Br)C2=O. The number of nitrogens with zero attached hydrogens (tertiary/aromatic N) is 1. The third-order valence-electron chi connectivity index (χ3n) is 5.42. The molecule has 1 heterocycles. The number of urea groups is 1. The van der Waals surface area contributed by atoms with E-state index in [4.69, 9.17) is 4.74 Å². The fourth-order valence-electron chi connectivity index (χ4n) is 3.69. The maximum atomic E-state index is 12.8. The van der Waals surface area contributed by atoms with Gasteiger partial charge in [-0.1, -0.05) is 47.5 Å². The van der Waals surface area contributed by atoms with Gasteiger partial charge in [-0.25, -0.2) is 4.79 Å². The summed E-state index contributed by atoms with van der Waals surface area (Å²) < 4.78 is 6.08. The minimum Gasteiger partial charge on any atom is -0.459 e. The highest BCUT2D eigenvalue weighted by molar-refractivity contribution is 9.10. The molecule has 0 radical (unpaired) electrons. The molecule has 1 spiro atoms. The third kappa shape index (κ3) is 3.77. The van der Waals surface area contributed by atoms with Gasteiger partial charge in [0.15, 0.2) is 0 Å². The van der Waals surface area contributed by atoms with E-state index >= 15 is 0 Å². The van der Waals surface area contributed by atoms with E-state index in [2.05, 4.69) is 28.2 Å². The van der Waals surface area contributed by atoms with Crippen molar-refractivity contribution in [1.29, 1.82) is 0 Å². The monoisotopic (exact) mass is 422 g/mol.